The number of likely N-dealkylation sites (tertiary alicyclic amines) is 1. The lowest BCUT2D eigenvalue weighted by molar-refractivity contribution is -0.123. The second kappa shape index (κ2) is 6.10. The van der Waals surface area contributed by atoms with Gasteiger partial charge in [-0.25, -0.2) is 0 Å². The predicted molar refractivity (Wildman–Crippen MR) is 83.8 cm³/mol. The third-order valence-corrected chi connectivity index (χ3v) is 4.24. The Morgan fingerprint density at radius 2 is 1.67 bits per heavy atom. The summed E-state index contributed by atoms with van der Waals surface area (Å²) < 4.78 is 0. The molecule has 21 heavy (non-hydrogen) atoms. The number of amides is 1. The van der Waals surface area contributed by atoms with Crippen LogP contribution in [0.1, 0.15) is 29.5 Å². The summed E-state index contributed by atoms with van der Waals surface area (Å²) in [4.78, 5) is 14.1. The molecule has 1 heterocycles. The lowest BCUT2D eigenvalue weighted by Gasteiger charge is -2.25. The van der Waals surface area contributed by atoms with Gasteiger partial charge in [0.15, 0.2) is 0 Å². The van der Waals surface area contributed by atoms with Crippen molar-refractivity contribution in [3.8, 4) is 0 Å². The molecule has 3 rings (SSSR count). The van der Waals surface area contributed by atoms with Gasteiger partial charge in [0.25, 0.3) is 0 Å². The van der Waals surface area contributed by atoms with Crippen molar-refractivity contribution in [1.29, 1.82) is 0 Å². The van der Waals surface area contributed by atoms with Gasteiger partial charge in [-0.2, -0.15) is 0 Å². The summed E-state index contributed by atoms with van der Waals surface area (Å²) >= 11 is 0. The van der Waals surface area contributed by atoms with E-state index in [0.717, 1.165) is 25.1 Å². The Labute approximate surface area is 125 Å². The number of carbonyl (C=O) groups excluding carboxylic acids is 1. The molecule has 1 fully saturated rings. The number of rotatable bonds is 4. The molecule has 2 aromatic carbocycles. The summed E-state index contributed by atoms with van der Waals surface area (Å²) in [7, 11) is 0. The lowest BCUT2D eigenvalue weighted by Crippen LogP contribution is -2.36. The molecule has 108 valence electrons. The van der Waals surface area contributed by atoms with Gasteiger partial charge in [0.2, 0.25) is 5.91 Å². The average molecular weight is 280 g/mol. The van der Waals surface area contributed by atoms with Gasteiger partial charge < -0.3 is 5.73 Å². The molecule has 0 aliphatic carbocycles. The highest BCUT2D eigenvalue weighted by molar-refractivity contribution is 5.81. The first kappa shape index (κ1) is 13.8. The third kappa shape index (κ3) is 2.98. The van der Waals surface area contributed by atoms with E-state index in [1.54, 1.807) is 0 Å². The second-order valence-electron chi connectivity index (χ2n) is 5.61. The molecule has 1 aliphatic rings. The normalized spacial score (nSPS) is 20.3. The number of hydrogen-bond donors (Lipinski definition) is 1. The van der Waals surface area contributed by atoms with Crippen LogP contribution in [0.5, 0.6) is 0 Å². The Morgan fingerprint density at radius 1 is 1.05 bits per heavy atom. The largest absolute Gasteiger partial charge is 0.368 e. The Hall–Kier alpha value is -2.13. The number of carbonyl (C=O) groups is 1. The van der Waals surface area contributed by atoms with Crippen LogP contribution in [0, 0.1) is 0 Å². The van der Waals surface area contributed by atoms with Crippen molar-refractivity contribution in [1.82, 2.24) is 4.90 Å². The van der Waals surface area contributed by atoms with Crippen molar-refractivity contribution in [2.45, 2.75) is 18.4 Å². The fraction of sp³-hybridized carbons (Fsp3) is 0.278. The van der Waals surface area contributed by atoms with Crippen LogP contribution >= 0.6 is 0 Å². The monoisotopic (exact) mass is 280 g/mol. The first-order valence-electron chi connectivity index (χ1n) is 7.39. The van der Waals surface area contributed by atoms with Gasteiger partial charge in [0.05, 0.1) is 0 Å². The van der Waals surface area contributed by atoms with Crippen molar-refractivity contribution < 1.29 is 4.79 Å². The van der Waals surface area contributed by atoms with Crippen molar-refractivity contribution in [2.75, 3.05) is 13.1 Å². The molecular weight excluding hydrogens is 260 g/mol. The van der Waals surface area contributed by atoms with Crippen LogP contribution in [0.2, 0.25) is 0 Å². The van der Waals surface area contributed by atoms with Gasteiger partial charge >= 0.3 is 0 Å². The van der Waals surface area contributed by atoms with Crippen LogP contribution in [0.25, 0.3) is 0 Å². The topological polar surface area (TPSA) is 46.3 Å². The highest BCUT2D eigenvalue weighted by Crippen LogP contribution is 2.32. The molecule has 0 aromatic heterocycles. The van der Waals surface area contributed by atoms with E-state index in [9.17, 15) is 4.79 Å². The summed E-state index contributed by atoms with van der Waals surface area (Å²) in [6.45, 7) is 1.79. The van der Waals surface area contributed by atoms with Gasteiger partial charge in [-0.3, -0.25) is 9.69 Å². The molecule has 0 bridgehead atoms. The van der Waals surface area contributed by atoms with E-state index in [-0.39, 0.29) is 11.9 Å². The van der Waals surface area contributed by atoms with E-state index in [0.29, 0.717) is 5.92 Å². The molecule has 0 radical (unpaired) electrons. The summed E-state index contributed by atoms with van der Waals surface area (Å²) in [5.74, 6) is 0.215. The van der Waals surface area contributed by atoms with Crippen LogP contribution in [-0.2, 0) is 4.79 Å². The molecule has 2 aromatic rings. The predicted octanol–water partition coefficient (Wildman–Crippen LogP) is 2.70. The standard InChI is InChI=1S/C18H20N2O/c19-18(21)17(15-9-5-2-6-10-15)20-12-11-16(13-20)14-7-3-1-4-8-14/h1-10,16-17H,11-13H2,(H2,19,21)/t16-,17+/m0/s1. The van der Waals surface area contributed by atoms with E-state index in [4.69, 9.17) is 5.73 Å². The van der Waals surface area contributed by atoms with E-state index < -0.39 is 0 Å². The summed E-state index contributed by atoms with van der Waals surface area (Å²) in [5.41, 5.74) is 7.98. The minimum atomic E-state index is -0.320. The fourth-order valence-corrected chi connectivity index (χ4v) is 3.21. The molecule has 0 saturated carbocycles. The molecule has 1 saturated heterocycles. The minimum absolute atomic E-state index is 0.269. The SMILES string of the molecule is NC(=O)[C@@H](c1ccccc1)N1CC[C@H](c2ccccc2)C1. The molecule has 1 aliphatic heterocycles. The Bertz CT molecular complexity index is 597. The molecule has 0 unspecified atom stereocenters. The van der Waals surface area contributed by atoms with Gasteiger partial charge in [0.1, 0.15) is 6.04 Å². The Morgan fingerprint density at radius 3 is 2.29 bits per heavy atom. The zero-order valence-corrected chi connectivity index (χ0v) is 12.0. The quantitative estimate of drug-likeness (QED) is 0.936. The smallest absolute Gasteiger partial charge is 0.239 e. The maximum absolute atomic E-state index is 11.9. The number of nitrogens with zero attached hydrogens (tertiary/aromatic N) is 1. The van der Waals surface area contributed by atoms with Gasteiger partial charge in [-0.05, 0) is 30.0 Å². The van der Waals surface area contributed by atoms with Crippen LogP contribution in [-0.4, -0.2) is 23.9 Å². The maximum Gasteiger partial charge on any atom is 0.239 e. The van der Waals surface area contributed by atoms with Gasteiger partial charge in [-0.1, -0.05) is 60.7 Å². The lowest BCUT2D eigenvalue weighted by atomic mass is 9.98. The highest BCUT2D eigenvalue weighted by atomic mass is 16.1. The number of benzene rings is 2. The van der Waals surface area contributed by atoms with Gasteiger partial charge in [-0.15, -0.1) is 0 Å². The summed E-state index contributed by atoms with van der Waals surface area (Å²) in [5, 5.41) is 0. The van der Waals surface area contributed by atoms with Crippen molar-refractivity contribution in [2.24, 2.45) is 5.73 Å². The van der Waals surface area contributed by atoms with E-state index in [1.165, 1.54) is 5.56 Å². The van der Waals surface area contributed by atoms with E-state index in [1.807, 2.05) is 36.4 Å². The van der Waals surface area contributed by atoms with E-state index >= 15 is 0 Å². The third-order valence-electron chi connectivity index (χ3n) is 4.24. The van der Waals surface area contributed by atoms with Gasteiger partial charge in [0, 0.05) is 6.54 Å². The highest BCUT2D eigenvalue weighted by Gasteiger charge is 2.32. The first-order valence-corrected chi connectivity index (χ1v) is 7.39. The first-order chi connectivity index (χ1) is 10.3. The molecule has 2 N–H and O–H groups in total. The number of nitrogens with two attached hydrogens (primary N) is 1. The van der Waals surface area contributed by atoms with Crippen LogP contribution < -0.4 is 5.73 Å². The van der Waals surface area contributed by atoms with Crippen molar-refractivity contribution in [3.05, 3.63) is 71.8 Å². The van der Waals surface area contributed by atoms with Crippen LogP contribution in [0.15, 0.2) is 60.7 Å². The molecule has 3 heteroatoms. The molecule has 3 nitrogen and oxygen atoms in total. The second-order valence-corrected chi connectivity index (χ2v) is 5.61. The van der Waals surface area contributed by atoms with Crippen molar-refractivity contribution >= 4 is 5.91 Å². The summed E-state index contributed by atoms with van der Waals surface area (Å²) in [6.07, 6.45) is 1.07. The zero-order chi connectivity index (χ0) is 14.7. The Kier molecular flexibility index (Phi) is 4.02. The van der Waals surface area contributed by atoms with Crippen LogP contribution in [0.3, 0.4) is 0 Å². The average Bonchev–Trinajstić information content (AvgIpc) is 2.98. The number of hydrogen-bond acceptors (Lipinski definition) is 2. The minimum Gasteiger partial charge on any atom is -0.368 e. The molecule has 0 spiro atoms. The molecule has 2 atom stereocenters. The van der Waals surface area contributed by atoms with E-state index in [2.05, 4.69) is 29.2 Å². The van der Waals surface area contributed by atoms with Crippen molar-refractivity contribution in [3.63, 3.8) is 0 Å². The zero-order valence-electron chi connectivity index (χ0n) is 12.0. The Balaban J connectivity index is 1.79. The molecular formula is C18H20N2O. The fourth-order valence-electron chi connectivity index (χ4n) is 3.21. The molecule has 1 amide bonds. The maximum atomic E-state index is 11.9. The number of primary amides is 1. The summed E-state index contributed by atoms with van der Waals surface area (Å²) in [6, 6.07) is 20.0. The van der Waals surface area contributed by atoms with Crippen LogP contribution in [0.4, 0.5) is 0 Å².